The van der Waals surface area contributed by atoms with E-state index >= 15 is 0 Å². The lowest BCUT2D eigenvalue weighted by Gasteiger charge is -2.42. The molecule has 5 heteroatoms. The summed E-state index contributed by atoms with van der Waals surface area (Å²) in [7, 11) is 0. The number of nitrogens with zero attached hydrogens (tertiary/aromatic N) is 1. The third kappa shape index (κ3) is 4.16. The van der Waals surface area contributed by atoms with Crippen molar-refractivity contribution in [3.8, 4) is 0 Å². The number of aliphatic carboxylic acids is 1. The number of carbonyl (C=O) groups is 1. The van der Waals surface area contributed by atoms with Gasteiger partial charge in [-0.3, -0.25) is 9.69 Å². The van der Waals surface area contributed by atoms with Crippen molar-refractivity contribution in [3.63, 3.8) is 0 Å². The maximum absolute atomic E-state index is 11.5. The van der Waals surface area contributed by atoms with E-state index in [1.54, 1.807) is 6.92 Å². The van der Waals surface area contributed by atoms with Crippen LogP contribution in [-0.2, 0) is 9.53 Å². The molecule has 5 nitrogen and oxygen atoms in total. The molecule has 0 aromatic rings. The van der Waals surface area contributed by atoms with Gasteiger partial charge in [0.05, 0.1) is 13.2 Å². The van der Waals surface area contributed by atoms with Gasteiger partial charge in [-0.25, -0.2) is 0 Å². The molecule has 112 valence electrons. The van der Waals surface area contributed by atoms with Gasteiger partial charge >= 0.3 is 5.97 Å². The van der Waals surface area contributed by atoms with Crippen molar-refractivity contribution < 1.29 is 14.6 Å². The lowest BCUT2D eigenvalue weighted by molar-refractivity contribution is -0.145. The van der Waals surface area contributed by atoms with Crippen molar-refractivity contribution in [2.24, 2.45) is 0 Å². The second-order valence-corrected chi connectivity index (χ2v) is 5.60. The van der Waals surface area contributed by atoms with Crippen molar-refractivity contribution in [1.82, 2.24) is 10.2 Å². The quantitative estimate of drug-likeness (QED) is 0.732. The third-order valence-electron chi connectivity index (χ3n) is 4.05. The van der Waals surface area contributed by atoms with E-state index in [9.17, 15) is 9.90 Å². The van der Waals surface area contributed by atoms with Gasteiger partial charge in [0.1, 0.15) is 5.54 Å². The molecule has 1 saturated heterocycles. The Labute approximate surface area is 116 Å². The third-order valence-corrected chi connectivity index (χ3v) is 4.05. The summed E-state index contributed by atoms with van der Waals surface area (Å²) < 4.78 is 5.50. The molecule has 0 aromatic heterocycles. The first kappa shape index (κ1) is 16.4. The summed E-state index contributed by atoms with van der Waals surface area (Å²) in [6, 6.07) is 0.637. The first-order chi connectivity index (χ1) is 8.94. The van der Waals surface area contributed by atoms with Gasteiger partial charge in [-0.1, -0.05) is 13.8 Å². The predicted octanol–water partition coefficient (Wildman–Crippen LogP) is 1.33. The van der Waals surface area contributed by atoms with Crippen LogP contribution >= 0.6 is 0 Å². The number of hydrogen-bond donors (Lipinski definition) is 2. The van der Waals surface area contributed by atoms with Gasteiger partial charge in [-0.2, -0.15) is 0 Å². The molecule has 1 heterocycles. The summed E-state index contributed by atoms with van der Waals surface area (Å²) in [5.74, 6) is -0.775. The van der Waals surface area contributed by atoms with Crippen molar-refractivity contribution >= 4 is 5.97 Å². The van der Waals surface area contributed by atoms with E-state index in [4.69, 9.17) is 4.74 Å². The molecule has 3 unspecified atom stereocenters. The normalized spacial score (nSPS) is 25.8. The van der Waals surface area contributed by atoms with Gasteiger partial charge in [-0.05, 0) is 33.2 Å². The van der Waals surface area contributed by atoms with Crippen LogP contribution in [0.2, 0.25) is 0 Å². The highest BCUT2D eigenvalue weighted by Crippen LogP contribution is 2.21. The predicted molar refractivity (Wildman–Crippen MR) is 75.4 cm³/mol. The fourth-order valence-electron chi connectivity index (χ4n) is 2.93. The van der Waals surface area contributed by atoms with Crippen LogP contribution in [0, 0.1) is 0 Å². The summed E-state index contributed by atoms with van der Waals surface area (Å²) in [6.07, 6.45) is 1.64. The lowest BCUT2D eigenvalue weighted by Crippen LogP contribution is -2.56. The Morgan fingerprint density at radius 3 is 2.79 bits per heavy atom. The van der Waals surface area contributed by atoms with Crippen LogP contribution in [0.1, 0.15) is 40.5 Å². The van der Waals surface area contributed by atoms with Crippen molar-refractivity contribution in [2.75, 3.05) is 26.3 Å². The fourth-order valence-corrected chi connectivity index (χ4v) is 2.93. The van der Waals surface area contributed by atoms with E-state index < -0.39 is 11.5 Å². The standard InChI is InChI=1S/C14H28N2O3/c1-5-12-10-19-8-7-16(12)11(3)9-14(4,13(17)18)15-6-2/h11-12,15H,5-10H2,1-4H3,(H,17,18). The number of ether oxygens (including phenoxy) is 1. The molecule has 0 saturated carbocycles. The number of hydrogen-bond acceptors (Lipinski definition) is 4. The van der Waals surface area contributed by atoms with Crippen molar-refractivity contribution in [1.29, 1.82) is 0 Å². The summed E-state index contributed by atoms with van der Waals surface area (Å²) >= 11 is 0. The number of nitrogens with one attached hydrogen (secondary N) is 1. The summed E-state index contributed by atoms with van der Waals surface area (Å²) in [5, 5.41) is 12.5. The maximum Gasteiger partial charge on any atom is 0.323 e. The molecule has 1 fully saturated rings. The monoisotopic (exact) mass is 272 g/mol. The molecule has 1 aliphatic rings. The molecule has 0 bridgehead atoms. The Bertz CT molecular complexity index is 298. The second-order valence-electron chi connectivity index (χ2n) is 5.60. The molecular weight excluding hydrogens is 244 g/mol. The van der Waals surface area contributed by atoms with Crippen LogP contribution in [0.5, 0.6) is 0 Å². The molecule has 0 spiro atoms. The summed E-state index contributed by atoms with van der Waals surface area (Å²) in [5.41, 5.74) is -0.856. The Hall–Kier alpha value is -0.650. The topological polar surface area (TPSA) is 61.8 Å². The highest BCUT2D eigenvalue weighted by atomic mass is 16.5. The summed E-state index contributed by atoms with van der Waals surface area (Å²) in [4.78, 5) is 13.9. The highest BCUT2D eigenvalue weighted by Gasteiger charge is 2.37. The van der Waals surface area contributed by atoms with E-state index in [0.29, 0.717) is 19.0 Å². The van der Waals surface area contributed by atoms with Crippen LogP contribution < -0.4 is 5.32 Å². The van der Waals surface area contributed by atoms with E-state index in [0.717, 1.165) is 26.2 Å². The van der Waals surface area contributed by atoms with Crippen LogP contribution in [0.15, 0.2) is 0 Å². The van der Waals surface area contributed by atoms with E-state index in [2.05, 4.69) is 24.1 Å². The number of likely N-dealkylation sites (N-methyl/N-ethyl adjacent to an activating group) is 1. The largest absolute Gasteiger partial charge is 0.480 e. The molecular formula is C14H28N2O3. The Morgan fingerprint density at radius 1 is 1.58 bits per heavy atom. The summed E-state index contributed by atoms with van der Waals surface area (Å²) in [6.45, 7) is 11.0. The zero-order valence-electron chi connectivity index (χ0n) is 12.6. The average molecular weight is 272 g/mol. The van der Waals surface area contributed by atoms with Crippen LogP contribution in [0.4, 0.5) is 0 Å². The SMILES string of the molecule is CCNC(C)(CC(C)N1CCOCC1CC)C(=O)O. The number of morpholine rings is 1. The Morgan fingerprint density at radius 2 is 2.26 bits per heavy atom. The molecule has 0 radical (unpaired) electrons. The van der Waals surface area contributed by atoms with E-state index in [1.165, 1.54) is 0 Å². The van der Waals surface area contributed by atoms with Gasteiger partial charge in [0.25, 0.3) is 0 Å². The van der Waals surface area contributed by atoms with Crippen LogP contribution in [0.25, 0.3) is 0 Å². The molecule has 1 rings (SSSR count). The molecule has 0 aliphatic carbocycles. The number of carboxylic acids is 1. The highest BCUT2D eigenvalue weighted by molar-refractivity contribution is 5.78. The second kappa shape index (κ2) is 7.22. The fraction of sp³-hybridized carbons (Fsp3) is 0.929. The Balaban J connectivity index is 2.69. The molecule has 3 atom stereocenters. The zero-order valence-corrected chi connectivity index (χ0v) is 12.6. The first-order valence-electron chi connectivity index (χ1n) is 7.26. The van der Waals surface area contributed by atoms with Gasteiger partial charge < -0.3 is 15.2 Å². The van der Waals surface area contributed by atoms with Crippen molar-refractivity contribution in [3.05, 3.63) is 0 Å². The van der Waals surface area contributed by atoms with Gasteiger partial charge in [0.2, 0.25) is 0 Å². The number of carboxylic acid groups (broad SMARTS) is 1. The smallest absolute Gasteiger partial charge is 0.323 e. The van der Waals surface area contributed by atoms with Crippen molar-refractivity contribution in [2.45, 2.75) is 58.2 Å². The average Bonchev–Trinajstić information content (AvgIpc) is 2.38. The maximum atomic E-state index is 11.5. The van der Waals surface area contributed by atoms with Gasteiger partial charge in [0, 0.05) is 18.6 Å². The van der Waals surface area contributed by atoms with E-state index in [1.807, 2.05) is 6.92 Å². The molecule has 1 aliphatic heterocycles. The van der Waals surface area contributed by atoms with Gasteiger partial charge in [-0.15, -0.1) is 0 Å². The van der Waals surface area contributed by atoms with Crippen LogP contribution in [0.3, 0.4) is 0 Å². The molecule has 2 N–H and O–H groups in total. The van der Waals surface area contributed by atoms with Gasteiger partial charge in [0.15, 0.2) is 0 Å². The molecule has 0 aromatic carbocycles. The zero-order chi connectivity index (χ0) is 14.5. The lowest BCUT2D eigenvalue weighted by atomic mass is 9.91. The minimum atomic E-state index is -0.856. The van der Waals surface area contributed by atoms with Crippen LogP contribution in [-0.4, -0.2) is 59.9 Å². The first-order valence-corrected chi connectivity index (χ1v) is 7.26. The minimum Gasteiger partial charge on any atom is -0.480 e. The Kier molecular flexibility index (Phi) is 6.23. The molecule has 0 amide bonds. The van der Waals surface area contributed by atoms with E-state index in [-0.39, 0.29) is 6.04 Å². The molecule has 19 heavy (non-hydrogen) atoms. The number of rotatable bonds is 7. The minimum absolute atomic E-state index is 0.231.